The van der Waals surface area contributed by atoms with E-state index in [1.54, 1.807) is 23.9 Å². The fourth-order valence-corrected chi connectivity index (χ4v) is 2.83. The van der Waals surface area contributed by atoms with Gasteiger partial charge in [0.2, 0.25) is 5.78 Å². The highest BCUT2D eigenvalue weighted by molar-refractivity contribution is 7.99. The van der Waals surface area contributed by atoms with Crippen LogP contribution in [0.1, 0.15) is 10.4 Å². The first-order chi connectivity index (χ1) is 8.78. The fourth-order valence-electron chi connectivity index (χ4n) is 1.86. The molecule has 2 aromatic rings. The average Bonchev–Trinajstić information content (AvgIpc) is 2.43. The van der Waals surface area contributed by atoms with Crippen molar-refractivity contribution in [1.82, 2.24) is 0 Å². The first kappa shape index (κ1) is 11.0. The number of anilines is 2. The lowest BCUT2D eigenvalue weighted by Gasteiger charge is -2.20. The van der Waals surface area contributed by atoms with Crippen LogP contribution >= 0.6 is 11.8 Å². The van der Waals surface area contributed by atoms with Gasteiger partial charge in [-0.3, -0.25) is 9.59 Å². The second kappa shape index (κ2) is 4.31. The normalized spacial score (nSPS) is 12.0. The van der Waals surface area contributed by atoms with Crippen LogP contribution in [0, 0.1) is 0 Å². The Morgan fingerprint density at radius 3 is 2.67 bits per heavy atom. The Morgan fingerprint density at radius 1 is 1.06 bits per heavy atom. The number of nitrogens with one attached hydrogen (secondary N) is 1. The molecule has 1 aliphatic heterocycles. The predicted octanol–water partition coefficient (Wildman–Crippen LogP) is 3.28. The number of hydrogen-bond donors (Lipinski definition) is 1. The van der Waals surface area contributed by atoms with Crippen LogP contribution in [-0.4, -0.2) is 12.1 Å². The lowest BCUT2D eigenvalue weighted by molar-refractivity contribution is -0.104. The van der Waals surface area contributed by atoms with Crippen LogP contribution in [0.4, 0.5) is 11.4 Å². The van der Waals surface area contributed by atoms with Crippen LogP contribution in [0.2, 0.25) is 0 Å². The van der Waals surface area contributed by atoms with Gasteiger partial charge in [0.05, 0.1) is 11.4 Å². The van der Waals surface area contributed by atoms with Gasteiger partial charge in [0.1, 0.15) is 0 Å². The van der Waals surface area contributed by atoms with Crippen LogP contribution < -0.4 is 5.32 Å². The van der Waals surface area contributed by atoms with Crippen molar-refractivity contribution < 1.29 is 9.59 Å². The minimum absolute atomic E-state index is 0.339. The summed E-state index contributed by atoms with van der Waals surface area (Å²) in [5.74, 6) is -0.497. The van der Waals surface area contributed by atoms with E-state index in [-0.39, 0.29) is 0 Å². The van der Waals surface area contributed by atoms with Crippen LogP contribution in [0.5, 0.6) is 0 Å². The molecule has 0 saturated carbocycles. The molecule has 1 aliphatic rings. The summed E-state index contributed by atoms with van der Waals surface area (Å²) in [6.45, 7) is 0. The van der Waals surface area contributed by atoms with Crippen LogP contribution in [0.3, 0.4) is 0 Å². The van der Waals surface area contributed by atoms with Gasteiger partial charge in [-0.15, -0.1) is 0 Å². The topological polar surface area (TPSA) is 46.2 Å². The van der Waals surface area contributed by atoms with E-state index < -0.39 is 5.78 Å². The molecule has 0 unspecified atom stereocenters. The zero-order valence-corrected chi connectivity index (χ0v) is 10.2. The van der Waals surface area contributed by atoms with Gasteiger partial charge in [-0.05, 0) is 30.3 Å². The highest BCUT2D eigenvalue weighted by Crippen LogP contribution is 2.44. The molecule has 0 spiro atoms. The highest BCUT2D eigenvalue weighted by atomic mass is 32.2. The van der Waals surface area contributed by atoms with Crippen molar-refractivity contribution in [1.29, 1.82) is 0 Å². The van der Waals surface area contributed by atoms with E-state index in [9.17, 15) is 9.59 Å². The monoisotopic (exact) mass is 255 g/mol. The molecule has 18 heavy (non-hydrogen) atoms. The Hall–Kier alpha value is -2.07. The first-order valence-electron chi connectivity index (χ1n) is 5.45. The van der Waals surface area contributed by atoms with Crippen molar-refractivity contribution >= 4 is 35.2 Å². The summed E-state index contributed by atoms with van der Waals surface area (Å²) in [5, 5.41) is 3.27. The summed E-state index contributed by atoms with van der Waals surface area (Å²) in [7, 11) is 0. The molecule has 88 valence electrons. The number of para-hydroxylation sites is 1. The van der Waals surface area contributed by atoms with Gasteiger partial charge in [-0.25, -0.2) is 0 Å². The van der Waals surface area contributed by atoms with Crippen LogP contribution in [0.15, 0.2) is 52.3 Å². The standard InChI is InChI=1S/C14H9NO2S/c16-8-12(17)9-5-6-14-11(7-9)15-10-3-1-2-4-13(10)18-14/h1-8,15H. The molecular weight excluding hydrogens is 246 g/mol. The first-order valence-corrected chi connectivity index (χ1v) is 6.27. The Bertz CT molecular complexity index is 652. The van der Waals surface area contributed by atoms with Crippen molar-refractivity contribution in [2.24, 2.45) is 0 Å². The lowest BCUT2D eigenvalue weighted by Crippen LogP contribution is -2.04. The fraction of sp³-hybridized carbons (Fsp3) is 0. The number of ketones is 1. The number of carbonyl (C=O) groups excluding carboxylic acids is 2. The number of fused-ring (bicyclic) bond motifs is 2. The zero-order chi connectivity index (χ0) is 12.5. The molecular formula is C14H9NO2S. The van der Waals surface area contributed by atoms with Crippen LogP contribution in [0.25, 0.3) is 0 Å². The number of hydrogen-bond acceptors (Lipinski definition) is 4. The third-order valence-electron chi connectivity index (χ3n) is 2.75. The van der Waals surface area contributed by atoms with Gasteiger partial charge in [0.15, 0.2) is 6.29 Å². The molecule has 0 amide bonds. The Balaban J connectivity index is 2.03. The third kappa shape index (κ3) is 1.80. The largest absolute Gasteiger partial charge is 0.354 e. The van der Waals surface area contributed by atoms with E-state index in [1.807, 2.05) is 30.3 Å². The van der Waals surface area contributed by atoms with Crippen molar-refractivity contribution in [2.45, 2.75) is 9.79 Å². The summed E-state index contributed by atoms with van der Waals surface area (Å²) in [4.78, 5) is 24.0. The summed E-state index contributed by atoms with van der Waals surface area (Å²) >= 11 is 1.65. The molecule has 0 saturated heterocycles. The minimum Gasteiger partial charge on any atom is -0.354 e. The second-order valence-electron chi connectivity index (χ2n) is 3.92. The maximum atomic E-state index is 11.3. The van der Waals surface area contributed by atoms with E-state index in [2.05, 4.69) is 5.32 Å². The van der Waals surface area contributed by atoms with Crippen LogP contribution in [-0.2, 0) is 4.79 Å². The molecule has 0 bridgehead atoms. The Labute approximate surface area is 108 Å². The predicted molar refractivity (Wildman–Crippen MR) is 70.7 cm³/mol. The van der Waals surface area contributed by atoms with E-state index in [0.717, 1.165) is 21.2 Å². The molecule has 3 nitrogen and oxygen atoms in total. The quantitative estimate of drug-likeness (QED) is 0.433. The number of rotatable bonds is 2. The molecule has 0 fully saturated rings. The van der Waals surface area contributed by atoms with Gasteiger partial charge >= 0.3 is 0 Å². The smallest absolute Gasteiger partial charge is 0.225 e. The molecule has 0 aromatic heterocycles. The Kier molecular flexibility index (Phi) is 2.64. The molecule has 0 radical (unpaired) electrons. The molecule has 0 atom stereocenters. The minimum atomic E-state index is -0.497. The van der Waals surface area contributed by atoms with Crippen molar-refractivity contribution in [2.75, 3.05) is 5.32 Å². The maximum absolute atomic E-state index is 11.3. The molecule has 2 aromatic carbocycles. The van der Waals surface area contributed by atoms with Gasteiger partial charge in [-0.1, -0.05) is 23.9 Å². The molecule has 3 rings (SSSR count). The highest BCUT2D eigenvalue weighted by Gasteiger charge is 2.16. The lowest BCUT2D eigenvalue weighted by atomic mass is 10.1. The van der Waals surface area contributed by atoms with Crippen molar-refractivity contribution in [3.8, 4) is 0 Å². The van der Waals surface area contributed by atoms with Gasteiger partial charge in [-0.2, -0.15) is 0 Å². The van der Waals surface area contributed by atoms with Gasteiger partial charge in [0, 0.05) is 15.4 Å². The van der Waals surface area contributed by atoms with Crippen molar-refractivity contribution in [3.63, 3.8) is 0 Å². The van der Waals surface area contributed by atoms with E-state index in [4.69, 9.17) is 0 Å². The second-order valence-corrected chi connectivity index (χ2v) is 5.00. The molecule has 0 aliphatic carbocycles. The summed E-state index contributed by atoms with van der Waals surface area (Å²) < 4.78 is 0. The SMILES string of the molecule is O=CC(=O)c1ccc2c(c1)Nc1ccccc1S2. The van der Waals surface area contributed by atoms with E-state index >= 15 is 0 Å². The average molecular weight is 255 g/mol. The number of Topliss-reactive ketones (excluding diaryl/α,β-unsaturated/α-hetero) is 1. The van der Waals surface area contributed by atoms with Crippen molar-refractivity contribution in [3.05, 3.63) is 48.0 Å². The number of aldehydes is 1. The van der Waals surface area contributed by atoms with E-state index in [1.165, 1.54) is 0 Å². The summed E-state index contributed by atoms with van der Waals surface area (Å²) in [5.41, 5.74) is 2.30. The van der Waals surface area contributed by atoms with Gasteiger partial charge < -0.3 is 5.32 Å². The summed E-state index contributed by atoms with van der Waals surface area (Å²) in [6.07, 6.45) is 0.339. The van der Waals surface area contributed by atoms with Gasteiger partial charge in [0.25, 0.3) is 0 Å². The number of benzene rings is 2. The molecule has 4 heteroatoms. The molecule has 1 N–H and O–H groups in total. The Morgan fingerprint density at radius 2 is 1.83 bits per heavy atom. The van der Waals surface area contributed by atoms with E-state index in [0.29, 0.717) is 11.8 Å². The zero-order valence-electron chi connectivity index (χ0n) is 9.34. The third-order valence-corrected chi connectivity index (χ3v) is 3.90. The molecule has 1 heterocycles. The summed E-state index contributed by atoms with van der Waals surface area (Å²) in [6, 6.07) is 13.2. The number of carbonyl (C=O) groups is 2. The maximum Gasteiger partial charge on any atom is 0.225 e.